The third-order valence-corrected chi connectivity index (χ3v) is 2.40. The SMILES string of the molecule is CCCC(C)(C)NCCSC. The molecule has 0 aromatic rings. The van der Waals surface area contributed by atoms with E-state index in [1.165, 1.54) is 18.6 Å². The molecule has 1 N–H and O–H groups in total. The van der Waals surface area contributed by atoms with Gasteiger partial charge in [-0.3, -0.25) is 0 Å². The largest absolute Gasteiger partial charge is 0.311 e. The molecule has 0 aromatic carbocycles. The van der Waals surface area contributed by atoms with Crippen LogP contribution < -0.4 is 5.32 Å². The highest BCUT2D eigenvalue weighted by Crippen LogP contribution is 2.10. The molecule has 68 valence electrons. The van der Waals surface area contributed by atoms with Gasteiger partial charge in [0.1, 0.15) is 0 Å². The summed E-state index contributed by atoms with van der Waals surface area (Å²) in [5.41, 5.74) is 0.338. The predicted octanol–water partition coefficient (Wildman–Crippen LogP) is 2.52. The highest BCUT2D eigenvalue weighted by atomic mass is 32.2. The van der Waals surface area contributed by atoms with Crippen molar-refractivity contribution in [3.8, 4) is 0 Å². The topological polar surface area (TPSA) is 12.0 Å². The van der Waals surface area contributed by atoms with Crippen molar-refractivity contribution in [2.24, 2.45) is 0 Å². The van der Waals surface area contributed by atoms with Crippen LogP contribution in [0.25, 0.3) is 0 Å². The van der Waals surface area contributed by atoms with Crippen LogP contribution in [0.15, 0.2) is 0 Å². The maximum absolute atomic E-state index is 3.54. The second kappa shape index (κ2) is 5.90. The molecular weight excluding hydrogens is 154 g/mol. The van der Waals surface area contributed by atoms with Crippen LogP contribution in [0.2, 0.25) is 0 Å². The molecule has 0 aromatic heterocycles. The summed E-state index contributed by atoms with van der Waals surface area (Å²) in [4.78, 5) is 0. The lowest BCUT2D eigenvalue weighted by Gasteiger charge is -2.25. The van der Waals surface area contributed by atoms with Gasteiger partial charge >= 0.3 is 0 Å². The minimum absolute atomic E-state index is 0.338. The maximum Gasteiger partial charge on any atom is 0.0125 e. The Balaban J connectivity index is 3.38. The van der Waals surface area contributed by atoms with E-state index in [0.29, 0.717) is 5.54 Å². The molecule has 0 heterocycles. The van der Waals surface area contributed by atoms with Crippen molar-refractivity contribution in [3.63, 3.8) is 0 Å². The number of nitrogens with one attached hydrogen (secondary N) is 1. The highest BCUT2D eigenvalue weighted by Gasteiger charge is 2.13. The van der Waals surface area contributed by atoms with E-state index in [-0.39, 0.29) is 0 Å². The monoisotopic (exact) mass is 175 g/mol. The fourth-order valence-corrected chi connectivity index (χ4v) is 1.51. The fraction of sp³-hybridized carbons (Fsp3) is 1.00. The summed E-state index contributed by atoms with van der Waals surface area (Å²) < 4.78 is 0. The molecule has 0 fully saturated rings. The normalized spacial score (nSPS) is 12.0. The molecule has 11 heavy (non-hydrogen) atoms. The van der Waals surface area contributed by atoms with Crippen molar-refractivity contribution in [2.75, 3.05) is 18.6 Å². The van der Waals surface area contributed by atoms with Crippen LogP contribution in [0.5, 0.6) is 0 Å². The zero-order valence-corrected chi connectivity index (χ0v) is 9.05. The van der Waals surface area contributed by atoms with Gasteiger partial charge in [-0.25, -0.2) is 0 Å². The minimum Gasteiger partial charge on any atom is -0.311 e. The first-order chi connectivity index (χ1) is 5.12. The Labute approximate surface area is 75.3 Å². The molecule has 0 unspecified atom stereocenters. The van der Waals surface area contributed by atoms with Crippen molar-refractivity contribution < 1.29 is 0 Å². The lowest BCUT2D eigenvalue weighted by atomic mass is 9.99. The molecule has 0 aliphatic carbocycles. The summed E-state index contributed by atoms with van der Waals surface area (Å²) in [5, 5.41) is 3.54. The summed E-state index contributed by atoms with van der Waals surface area (Å²) >= 11 is 1.90. The first-order valence-electron chi connectivity index (χ1n) is 4.36. The first kappa shape index (κ1) is 11.3. The van der Waals surface area contributed by atoms with Crippen molar-refractivity contribution in [2.45, 2.75) is 39.2 Å². The van der Waals surface area contributed by atoms with Gasteiger partial charge in [0.25, 0.3) is 0 Å². The van der Waals surface area contributed by atoms with E-state index in [1.807, 2.05) is 11.8 Å². The van der Waals surface area contributed by atoms with Crippen LogP contribution >= 0.6 is 11.8 Å². The molecule has 1 nitrogen and oxygen atoms in total. The Bertz CT molecular complexity index is 91.6. The van der Waals surface area contributed by atoms with Gasteiger partial charge in [-0.1, -0.05) is 13.3 Å². The fourth-order valence-electron chi connectivity index (χ4n) is 1.20. The smallest absolute Gasteiger partial charge is 0.0125 e. The molecule has 0 amide bonds. The predicted molar refractivity (Wildman–Crippen MR) is 55.4 cm³/mol. The number of hydrogen-bond donors (Lipinski definition) is 1. The molecule has 0 radical (unpaired) electrons. The molecule has 0 bridgehead atoms. The zero-order chi connectivity index (χ0) is 8.74. The Hall–Kier alpha value is 0.310. The van der Waals surface area contributed by atoms with Gasteiger partial charge in [-0.15, -0.1) is 0 Å². The van der Waals surface area contributed by atoms with Gasteiger partial charge in [-0.05, 0) is 26.5 Å². The quantitative estimate of drug-likeness (QED) is 0.623. The van der Waals surface area contributed by atoms with E-state index in [1.54, 1.807) is 0 Å². The Morgan fingerprint density at radius 1 is 1.36 bits per heavy atom. The van der Waals surface area contributed by atoms with Crippen molar-refractivity contribution in [3.05, 3.63) is 0 Å². The third-order valence-electron chi connectivity index (χ3n) is 1.78. The maximum atomic E-state index is 3.54. The zero-order valence-electron chi connectivity index (χ0n) is 8.24. The van der Waals surface area contributed by atoms with E-state index < -0.39 is 0 Å². The van der Waals surface area contributed by atoms with Gasteiger partial charge in [0.05, 0.1) is 0 Å². The average Bonchev–Trinajstić information content (AvgIpc) is 1.87. The van der Waals surface area contributed by atoms with Gasteiger partial charge in [0.2, 0.25) is 0 Å². The van der Waals surface area contributed by atoms with Crippen molar-refractivity contribution in [1.82, 2.24) is 5.32 Å². The number of rotatable bonds is 6. The molecule has 0 saturated heterocycles. The molecule has 0 aliphatic rings. The van der Waals surface area contributed by atoms with Crippen LogP contribution in [0.1, 0.15) is 33.6 Å². The lowest BCUT2D eigenvalue weighted by molar-refractivity contribution is 0.369. The van der Waals surface area contributed by atoms with Crippen LogP contribution in [0, 0.1) is 0 Å². The van der Waals surface area contributed by atoms with E-state index in [2.05, 4.69) is 32.3 Å². The standard InChI is InChI=1S/C9H21NS/c1-5-6-9(2,3)10-7-8-11-4/h10H,5-8H2,1-4H3. The van der Waals surface area contributed by atoms with E-state index in [0.717, 1.165) is 6.54 Å². The third kappa shape index (κ3) is 6.70. The van der Waals surface area contributed by atoms with Crippen LogP contribution in [0.4, 0.5) is 0 Å². The summed E-state index contributed by atoms with van der Waals surface area (Å²) in [6, 6.07) is 0. The number of hydrogen-bond acceptors (Lipinski definition) is 2. The van der Waals surface area contributed by atoms with Gasteiger partial charge in [0.15, 0.2) is 0 Å². The van der Waals surface area contributed by atoms with Gasteiger partial charge in [0, 0.05) is 17.8 Å². The van der Waals surface area contributed by atoms with Gasteiger partial charge < -0.3 is 5.32 Å². The van der Waals surface area contributed by atoms with E-state index in [9.17, 15) is 0 Å². The lowest BCUT2D eigenvalue weighted by Crippen LogP contribution is -2.40. The average molecular weight is 175 g/mol. The van der Waals surface area contributed by atoms with Crippen molar-refractivity contribution in [1.29, 1.82) is 0 Å². The Kier molecular flexibility index (Phi) is 6.06. The molecule has 0 saturated carbocycles. The van der Waals surface area contributed by atoms with Crippen LogP contribution in [0.3, 0.4) is 0 Å². The molecule has 0 atom stereocenters. The summed E-state index contributed by atoms with van der Waals surface area (Å²) in [7, 11) is 0. The minimum atomic E-state index is 0.338. The number of thioether (sulfide) groups is 1. The van der Waals surface area contributed by atoms with Crippen LogP contribution in [-0.4, -0.2) is 24.1 Å². The Morgan fingerprint density at radius 3 is 2.45 bits per heavy atom. The van der Waals surface area contributed by atoms with E-state index in [4.69, 9.17) is 0 Å². The second-order valence-electron chi connectivity index (χ2n) is 3.55. The molecular formula is C9H21NS. The molecule has 2 heteroatoms. The second-order valence-corrected chi connectivity index (χ2v) is 4.54. The molecule has 0 aliphatic heterocycles. The van der Waals surface area contributed by atoms with Gasteiger partial charge in [-0.2, -0.15) is 11.8 Å². The summed E-state index contributed by atoms with van der Waals surface area (Å²) in [6.45, 7) is 7.92. The van der Waals surface area contributed by atoms with Crippen LogP contribution in [-0.2, 0) is 0 Å². The van der Waals surface area contributed by atoms with Crippen molar-refractivity contribution >= 4 is 11.8 Å². The van der Waals surface area contributed by atoms with E-state index >= 15 is 0 Å². The molecule has 0 spiro atoms. The summed E-state index contributed by atoms with van der Waals surface area (Å²) in [5.74, 6) is 1.22. The molecule has 0 rings (SSSR count). The Morgan fingerprint density at radius 2 is 2.00 bits per heavy atom. The summed E-state index contributed by atoms with van der Waals surface area (Å²) in [6.07, 6.45) is 4.68. The first-order valence-corrected chi connectivity index (χ1v) is 5.75. The highest BCUT2D eigenvalue weighted by molar-refractivity contribution is 7.98.